The zero-order valence-electron chi connectivity index (χ0n) is 11.2. The summed E-state index contributed by atoms with van der Waals surface area (Å²) in [6.45, 7) is 6.79. The number of hydrogen-bond acceptors (Lipinski definition) is 3. The van der Waals surface area contributed by atoms with E-state index in [1.165, 1.54) is 0 Å². The largest absolute Gasteiger partial charge is 0.459 e. The highest BCUT2D eigenvalue weighted by Crippen LogP contribution is 2.16. The second-order valence-corrected chi connectivity index (χ2v) is 4.95. The summed E-state index contributed by atoms with van der Waals surface area (Å²) in [4.78, 5) is 14.1. The molecule has 4 nitrogen and oxygen atoms in total. The molecule has 1 aromatic heterocycles. The van der Waals surface area contributed by atoms with Crippen molar-refractivity contribution in [1.82, 2.24) is 10.2 Å². The zero-order chi connectivity index (χ0) is 13.0. The van der Waals surface area contributed by atoms with Crippen molar-refractivity contribution >= 4 is 5.91 Å². The number of carbonyl (C=O) groups excluding carboxylic acids is 1. The van der Waals surface area contributed by atoms with Crippen LogP contribution in [0.2, 0.25) is 0 Å². The van der Waals surface area contributed by atoms with Gasteiger partial charge in [0.05, 0.1) is 6.26 Å². The third-order valence-electron chi connectivity index (χ3n) is 3.52. The van der Waals surface area contributed by atoms with Gasteiger partial charge in [-0.3, -0.25) is 4.79 Å². The molecule has 1 fully saturated rings. The molecule has 1 aromatic rings. The fourth-order valence-corrected chi connectivity index (χ4v) is 2.37. The highest BCUT2D eigenvalue weighted by atomic mass is 16.3. The van der Waals surface area contributed by atoms with Crippen LogP contribution in [0.4, 0.5) is 0 Å². The Hall–Kier alpha value is -1.29. The maximum Gasteiger partial charge on any atom is 0.289 e. The molecule has 0 unspecified atom stereocenters. The number of nitrogens with zero attached hydrogens (tertiary/aromatic N) is 1. The van der Waals surface area contributed by atoms with Crippen molar-refractivity contribution in [3.05, 3.63) is 23.7 Å². The first kappa shape index (κ1) is 13.1. The van der Waals surface area contributed by atoms with Crippen LogP contribution in [0.3, 0.4) is 0 Å². The summed E-state index contributed by atoms with van der Waals surface area (Å²) in [6.07, 6.45) is 4.81. The van der Waals surface area contributed by atoms with Crippen molar-refractivity contribution in [1.29, 1.82) is 0 Å². The molecule has 1 N–H and O–H groups in total. The van der Waals surface area contributed by atoms with Gasteiger partial charge in [-0.2, -0.15) is 0 Å². The van der Waals surface area contributed by atoms with E-state index in [4.69, 9.17) is 4.42 Å². The number of furan rings is 1. The predicted molar refractivity (Wildman–Crippen MR) is 70.7 cm³/mol. The molecule has 0 spiro atoms. The number of carbonyl (C=O) groups is 1. The van der Waals surface area contributed by atoms with E-state index in [1.807, 2.05) is 17.9 Å². The Balaban J connectivity index is 1.86. The molecule has 0 bridgehead atoms. The molecule has 0 radical (unpaired) electrons. The van der Waals surface area contributed by atoms with Crippen LogP contribution in [0.5, 0.6) is 0 Å². The Morgan fingerprint density at radius 1 is 1.50 bits per heavy atom. The van der Waals surface area contributed by atoms with Crippen LogP contribution in [0, 0.1) is 6.92 Å². The maximum atomic E-state index is 12.2. The number of amides is 1. The third kappa shape index (κ3) is 2.93. The molecule has 0 aromatic carbocycles. The lowest BCUT2D eigenvalue weighted by Crippen LogP contribution is -2.45. The summed E-state index contributed by atoms with van der Waals surface area (Å²) in [7, 11) is 0. The Kier molecular flexibility index (Phi) is 4.42. The molecule has 0 aliphatic carbocycles. The van der Waals surface area contributed by atoms with Gasteiger partial charge in [0.2, 0.25) is 0 Å². The molecule has 1 amide bonds. The van der Waals surface area contributed by atoms with E-state index in [-0.39, 0.29) is 5.91 Å². The van der Waals surface area contributed by atoms with Crippen LogP contribution in [-0.4, -0.2) is 36.5 Å². The minimum absolute atomic E-state index is 0.0337. The van der Waals surface area contributed by atoms with Crippen molar-refractivity contribution in [2.75, 3.05) is 19.6 Å². The Bertz CT molecular complexity index is 392. The quantitative estimate of drug-likeness (QED) is 0.891. The van der Waals surface area contributed by atoms with E-state index in [9.17, 15) is 4.79 Å². The van der Waals surface area contributed by atoms with E-state index < -0.39 is 0 Å². The van der Waals surface area contributed by atoms with Gasteiger partial charge in [0.25, 0.3) is 5.91 Å². The second-order valence-electron chi connectivity index (χ2n) is 4.95. The fraction of sp³-hybridized carbons (Fsp3) is 0.643. The molecule has 2 rings (SSSR count). The molecule has 100 valence electrons. The lowest BCUT2D eigenvalue weighted by molar-refractivity contribution is 0.0672. The lowest BCUT2D eigenvalue weighted by atomic mass is 10.0. The van der Waals surface area contributed by atoms with E-state index in [0.29, 0.717) is 11.8 Å². The molecular weight excluding hydrogens is 228 g/mol. The van der Waals surface area contributed by atoms with Gasteiger partial charge in [-0.05, 0) is 38.8 Å². The number of likely N-dealkylation sites (tertiary alicyclic amines) is 1. The zero-order valence-corrected chi connectivity index (χ0v) is 11.2. The maximum absolute atomic E-state index is 12.2. The van der Waals surface area contributed by atoms with Crippen LogP contribution in [0.1, 0.15) is 42.3 Å². The molecule has 2 heterocycles. The van der Waals surface area contributed by atoms with E-state index in [0.717, 1.165) is 44.5 Å². The van der Waals surface area contributed by atoms with Gasteiger partial charge in [-0.15, -0.1) is 0 Å². The van der Waals surface area contributed by atoms with E-state index >= 15 is 0 Å². The normalized spacial score (nSPS) is 17.1. The van der Waals surface area contributed by atoms with Crippen LogP contribution in [0.25, 0.3) is 0 Å². The Morgan fingerprint density at radius 3 is 2.78 bits per heavy atom. The molecule has 1 saturated heterocycles. The molecule has 0 atom stereocenters. The second kappa shape index (κ2) is 6.05. The van der Waals surface area contributed by atoms with Gasteiger partial charge < -0.3 is 14.6 Å². The lowest BCUT2D eigenvalue weighted by Gasteiger charge is -2.32. The summed E-state index contributed by atoms with van der Waals surface area (Å²) in [5, 5.41) is 3.52. The third-order valence-corrected chi connectivity index (χ3v) is 3.52. The first-order valence-corrected chi connectivity index (χ1v) is 6.79. The van der Waals surface area contributed by atoms with Gasteiger partial charge in [0.15, 0.2) is 5.76 Å². The summed E-state index contributed by atoms with van der Waals surface area (Å²) in [5.41, 5.74) is 0.922. The van der Waals surface area contributed by atoms with E-state index in [1.54, 1.807) is 6.26 Å². The highest BCUT2D eigenvalue weighted by molar-refractivity contribution is 5.92. The first-order chi connectivity index (χ1) is 8.72. The monoisotopic (exact) mass is 250 g/mol. The number of aryl methyl sites for hydroxylation is 1. The van der Waals surface area contributed by atoms with Crippen LogP contribution in [0.15, 0.2) is 16.7 Å². The molecule has 0 saturated carbocycles. The molecule has 1 aliphatic heterocycles. The summed E-state index contributed by atoms with van der Waals surface area (Å²) in [5.74, 6) is 0.529. The van der Waals surface area contributed by atoms with Crippen LogP contribution < -0.4 is 5.32 Å². The van der Waals surface area contributed by atoms with Gasteiger partial charge >= 0.3 is 0 Å². The number of hydrogen-bond donors (Lipinski definition) is 1. The molecule has 1 aliphatic rings. The van der Waals surface area contributed by atoms with Crippen molar-refractivity contribution in [3.63, 3.8) is 0 Å². The van der Waals surface area contributed by atoms with Crippen LogP contribution >= 0.6 is 0 Å². The molecule has 18 heavy (non-hydrogen) atoms. The standard InChI is InChI=1S/C14H22N2O2/c1-3-7-15-12-4-8-16(9-5-12)14(17)13-11(2)6-10-18-13/h6,10,12,15H,3-5,7-9H2,1-2H3. The summed E-state index contributed by atoms with van der Waals surface area (Å²) >= 11 is 0. The Labute approximate surface area is 108 Å². The number of nitrogens with one attached hydrogen (secondary N) is 1. The van der Waals surface area contributed by atoms with Crippen molar-refractivity contribution in [2.24, 2.45) is 0 Å². The fourth-order valence-electron chi connectivity index (χ4n) is 2.37. The average molecular weight is 250 g/mol. The van der Waals surface area contributed by atoms with Crippen LogP contribution in [-0.2, 0) is 0 Å². The highest BCUT2D eigenvalue weighted by Gasteiger charge is 2.25. The minimum Gasteiger partial charge on any atom is -0.459 e. The topological polar surface area (TPSA) is 45.5 Å². The minimum atomic E-state index is 0.0337. The number of rotatable bonds is 4. The van der Waals surface area contributed by atoms with Gasteiger partial charge in [0.1, 0.15) is 0 Å². The summed E-state index contributed by atoms with van der Waals surface area (Å²) < 4.78 is 5.26. The number of piperidine rings is 1. The average Bonchev–Trinajstić information content (AvgIpc) is 2.82. The molecular formula is C14H22N2O2. The SMILES string of the molecule is CCCNC1CCN(C(=O)c2occc2C)CC1. The van der Waals surface area contributed by atoms with Crippen molar-refractivity contribution < 1.29 is 9.21 Å². The summed E-state index contributed by atoms with van der Waals surface area (Å²) in [6, 6.07) is 2.40. The van der Waals surface area contributed by atoms with Crippen molar-refractivity contribution in [2.45, 2.75) is 39.2 Å². The van der Waals surface area contributed by atoms with Gasteiger partial charge in [0, 0.05) is 24.7 Å². The van der Waals surface area contributed by atoms with E-state index in [2.05, 4.69) is 12.2 Å². The van der Waals surface area contributed by atoms with Crippen molar-refractivity contribution in [3.8, 4) is 0 Å². The van der Waals surface area contributed by atoms with Gasteiger partial charge in [-0.25, -0.2) is 0 Å². The smallest absolute Gasteiger partial charge is 0.289 e. The molecule has 4 heteroatoms. The first-order valence-electron chi connectivity index (χ1n) is 6.79. The predicted octanol–water partition coefficient (Wildman–Crippen LogP) is 2.19. The van der Waals surface area contributed by atoms with Gasteiger partial charge in [-0.1, -0.05) is 6.92 Å². The Morgan fingerprint density at radius 2 is 2.22 bits per heavy atom.